The van der Waals surface area contributed by atoms with Gasteiger partial charge in [-0.1, -0.05) is 0 Å². The molecule has 9 heteroatoms. The monoisotopic (exact) mass is 382 g/mol. The Morgan fingerprint density at radius 1 is 1.57 bits per heavy atom. The van der Waals surface area contributed by atoms with Crippen LogP contribution in [-0.2, 0) is 4.79 Å². The van der Waals surface area contributed by atoms with Gasteiger partial charge >= 0.3 is 5.97 Å². The highest BCUT2D eigenvalue weighted by Gasteiger charge is 2.12. The molecule has 0 spiro atoms. The molecule has 0 fully saturated rings. The number of aromatic nitrogens is 2. The van der Waals surface area contributed by atoms with E-state index in [0.717, 1.165) is 5.69 Å². The molecule has 0 unspecified atom stereocenters. The van der Waals surface area contributed by atoms with Crippen LogP contribution in [0.15, 0.2) is 27.9 Å². The van der Waals surface area contributed by atoms with Gasteiger partial charge in [0, 0.05) is 0 Å². The molecule has 122 valence electrons. The smallest absolute Gasteiger partial charge is 0.341 e. The van der Waals surface area contributed by atoms with E-state index in [1.807, 2.05) is 6.92 Å². The van der Waals surface area contributed by atoms with Crippen molar-refractivity contribution in [2.75, 3.05) is 19.5 Å². The molecule has 2 rings (SSSR count). The molecule has 1 heterocycles. The highest BCUT2D eigenvalue weighted by molar-refractivity contribution is 9.10. The zero-order valence-electron chi connectivity index (χ0n) is 12.5. The predicted molar refractivity (Wildman–Crippen MR) is 88.2 cm³/mol. The number of hydrogen-bond donors (Lipinski definition) is 2. The summed E-state index contributed by atoms with van der Waals surface area (Å²) < 4.78 is 12.4. The number of carbonyl (C=O) groups is 1. The highest BCUT2D eigenvalue weighted by atomic mass is 79.9. The van der Waals surface area contributed by atoms with Crippen molar-refractivity contribution in [1.29, 1.82) is 0 Å². The van der Waals surface area contributed by atoms with Crippen molar-refractivity contribution in [3.05, 3.63) is 34.1 Å². The van der Waals surface area contributed by atoms with Crippen molar-refractivity contribution in [2.45, 2.75) is 6.92 Å². The Morgan fingerprint density at radius 3 is 2.87 bits per heavy atom. The molecule has 0 radical (unpaired) electrons. The van der Waals surface area contributed by atoms with Gasteiger partial charge < -0.3 is 20.3 Å². The Balaban J connectivity index is 2.28. The summed E-state index contributed by atoms with van der Waals surface area (Å²) >= 11 is 3.33. The Kier molecular flexibility index (Phi) is 5.22. The number of imidazole rings is 1. The molecule has 1 aromatic heterocycles. The van der Waals surface area contributed by atoms with E-state index in [1.54, 1.807) is 24.5 Å². The van der Waals surface area contributed by atoms with Gasteiger partial charge in [0.05, 0.1) is 29.7 Å². The van der Waals surface area contributed by atoms with Crippen LogP contribution in [0.4, 0.5) is 5.95 Å². The lowest BCUT2D eigenvalue weighted by Crippen LogP contribution is -2.10. The Bertz CT molecular complexity index is 757. The van der Waals surface area contributed by atoms with Crippen LogP contribution in [0.5, 0.6) is 11.5 Å². The zero-order valence-corrected chi connectivity index (χ0v) is 14.1. The molecule has 2 aromatic rings. The number of nitrogen functional groups attached to an aromatic ring is 1. The first-order valence-electron chi connectivity index (χ1n) is 6.48. The fourth-order valence-corrected chi connectivity index (χ4v) is 2.39. The molecule has 0 aliphatic heterocycles. The summed E-state index contributed by atoms with van der Waals surface area (Å²) in [5.74, 6) is -0.0939. The van der Waals surface area contributed by atoms with Crippen LogP contribution in [0, 0.1) is 6.92 Å². The van der Waals surface area contributed by atoms with Gasteiger partial charge in [0.15, 0.2) is 18.1 Å². The second-order valence-corrected chi connectivity index (χ2v) is 5.40. The number of carboxylic acid groups (broad SMARTS) is 1. The summed E-state index contributed by atoms with van der Waals surface area (Å²) in [5.41, 5.74) is 7.18. The van der Waals surface area contributed by atoms with E-state index in [2.05, 4.69) is 26.0 Å². The van der Waals surface area contributed by atoms with Crippen molar-refractivity contribution < 1.29 is 19.4 Å². The molecule has 23 heavy (non-hydrogen) atoms. The molecule has 0 bridgehead atoms. The summed E-state index contributed by atoms with van der Waals surface area (Å²) in [5, 5.41) is 12.9. The number of ether oxygens (including phenoxy) is 2. The minimum Gasteiger partial charge on any atom is -0.493 e. The largest absolute Gasteiger partial charge is 0.493 e. The van der Waals surface area contributed by atoms with Gasteiger partial charge in [0.25, 0.3) is 0 Å². The number of benzene rings is 1. The van der Waals surface area contributed by atoms with Crippen LogP contribution in [0.3, 0.4) is 0 Å². The average molecular weight is 383 g/mol. The minimum atomic E-state index is -1.07. The molecule has 0 atom stereocenters. The molecular formula is C14H15BrN4O4. The van der Waals surface area contributed by atoms with E-state index in [1.165, 1.54) is 11.8 Å². The number of methoxy groups -OCH3 is 1. The third-order valence-electron chi connectivity index (χ3n) is 2.76. The number of aryl methyl sites for hydroxylation is 1. The second-order valence-electron chi connectivity index (χ2n) is 4.55. The zero-order chi connectivity index (χ0) is 17.0. The van der Waals surface area contributed by atoms with Gasteiger partial charge in [-0.05, 0) is 40.5 Å². The second kappa shape index (κ2) is 7.14. The van der Waals surface area contributed by atoms with Gasteiger partial charge in [-0.15, -0.1) is 0 Å². The lowest BCUT2D eigenvalue weighted by Gasteiger charge is -2.12. The van der Waals surface area contributed by atoms with Crippen LogP contribution in [-0.4, -0.2) is 40.7 Å². The van der Waals surface area contributed by atoms with Gasteiger partial charge in [-0.25, -0.2) is 14.5 Å². The van der Waals surface area contributed by atoms with E-state index in [4.69, 9.17) is 20.3 Å². The van der Waals surface area contributed by atoms with Gasteiger partial charge in [0.1, 0.15) is 0 Å². The SMILES string of the molecule is COc1cc(C=Nn2cc(C)nc2N)cc(Br)c1OCC(=O)O. The summed E-state index contributed by atoms with van der Waals surface area (Å²) in [6.45, 7) is 1.35. The molecule has 0 aliphatic rings. The maximum absolute atomic E-state index is 10.6. The lowest BCUT2D eigenvalue weighted by molar-refractivity contribution is -0.139. The third kappa shape index (κ3) is 4.22. The first-order chi connectivity index (χ1) is 10.9. The Morgan fingerprint density at radius 2 is 2.30 bits per heavy atom. The predicted octanol–water partition coefficient (Wildman–Crippen LogP) is 1.89. The molecule has 1 aromatic carbocycles. The molecule has 8 nitrogen and oxygen atoms in total. The maximum atomic E-state index is 10.6. The lowest BCUT2D eigenvalue weighted by atomic mass is 10.2. The number of aliphatic carboxylic acids is 1. The number of carboxylic acids is 1. The van der Waals surface area contributed by atoms with E-state index < -0.39 is 12.6 Å². The van der Waals surface area contributed by atoms with Gasteiger partial charge in [-0.3, -0.25) is 0 Å². The summed E-state index contributed by atoms with van der Waals surface area (Å²) in [4.78, 5) is 14.7. The first-order valence-corrected chi connectivity index (χ1v) is 7.28. The number of hydrogen-bond acceptors (Lipinski definition) is 6. The standard InChI is InChI=1S/C14H15BrN4O4/c1-8-6-19(14(16)18-8)17-5-9-3-10(15)13(11(4-9)22-2)23-7-12(20)21/h3-6H,7H2,1-2H3,(H2,16,18)(H,20,21). The molecule has 0 aliphatic carbocycles. The van der Waals surface area contributed by atoms with E-state index in [-0.39, 0.29) is 5.95 Å². The first kappa shape index (κ1) is 16.8. The van der Waals surface area contributed by atoms with Crippen molar-refractivity contribution in [2.24, 2.45) is 5.10 Å². The number of nitrogens with two attached hydrogens (primary N) is 1. The fourth-order valence-electron chi connectivity index (χ4n) is 1.81. The molecular weight excluding hydrogens is 368 g/mol. The van der Waals surface area contributed by atoms with Crippen molar-refractivity contribution in [3.8, 4) is 11.5 Å². The molecule has 0 saturated heterocycles. The quantitative estimate of drug-likeness (QED) is 0.737. The molecule has 0 amide bonds. The van der Waals surface area contributed by atoms with Crippen molar-refractivity contribution >= 4 is 34.1 Å². The highest BCUT2D eigenvalue weighted by Crippen LogP contribution is 2.36. The van der Waals surface area contributed by atoms with Crippen LogP contribution < -0.4 is 15.2 Å². The van der Waals surface area contributed by atoms with E-state index >= 15 is 0 Å². The Hall–Kier alpha value is -2.55. The number of halogens is 1. The topological polar surface area (TPSA) is 112 Å². The van der Waals surface area contributed by atoms with Crippen LogP contribution in [0.1, 0.15) is 11.3 Å². The van der Waals surface area contributed by atoms with Gasteiger partial charge in [0.2, 0.25) is 5.95 Å². The fraction of sp³-hybridized carbons (Fsp3) is 0.214. The number of rotatable bonds is 6. The summed E-state index contributed by atoms with van der Waals surface area (Å²) in [7, 11) is 1.47. The van der Waals surface area contributed by atoms with Crippen molar-refractivity contribution in [1.82, 2.24) is 9.66 Å². The normalized spacial score (nSPS) is 10.9. The van der Waals surface area contributed by atoms with Gasteiger partial charge in [-0.2, -0.15) is 5.10 Å². The number of anilines is 1. The molecule has 3 N–H and O–H groups in total. The number of nitrogens with zero attached hydrogens (tertiary/aromatic N) is 3. The average Bonchev–Trinajstić information content (AvgIpc) is 2.81. The van der Waals surface area contributed by atoms with E-state index in [9.17, 15) is 4.79 Å². The molecule has 0 saturated carbocycles. The van der Waals surface area contributed by atoms with Crippen LogP contribution in [0.25, 0.3) is 0 Å². The van der Waals surface area contributed by atoms with E-state index in [0.29, 0.717) is 21.5 Å². The minimum absolute atomic E-state index is 0.284. The van der Waals surface area contributed by atoms with Crippen LogP contribution in [0.2, 0.25) is 0 Å². The van der Waals surface area contributed by atoms with Crippen molar-refractivity contribution in [3.63, 3.8) is 0 Å². The van der Waals surface area contributed by atoms with Crippen LogP contribution >= 0.6 is 15.9 Å². The summed E-state index contributed by atoms with van der Waals surface area (Å²) in [6, 6.07) is 3.40. The Labute approximate surface area is 140 Å². The summed E-state index contributed by atoms with van der Waals surface area (Å²) in [6.07, 6.45) is 3.27. The third-order valence-corrected chi connectivity index (χ3v) is 3.35. The maximum Gasteiger partial charge on any atom is 0.341 e.